The Bertz CT molecular complexity index is 1430. The van der Waals surface area contributed by atoms with E-state index in [9.17, 15) is 14.4 Å². The van der Waals surface area contributed by atoms with Gasteiger partial charge in [-0.05, 0) is 24.6 Å². The second-order valence-electron chi connectivity index (χ2n) is 7.06. The van der Waals surface area contributed by atoms with Crippen LogP contribution >= 0.6 is 11.6 Å². The molecule has 156 valence electrons. The molecule has 2 heterocycles. The Kier molecular flexibility index (Phi) is 5.39. The highest BCUT2D eigenvalue weighted by Gasteiger charge is 2.17. The third kappa shape index (κ3) is 3.97. The van der Waals surface area contributed by atoms with Crippen molar-refractivity contribution in [1.82, 2.24) is 19.1 Å². The molecule has 0 aliphatic heterocycles. The van der Waals surface area contributed by atoms with Crippen molar-refractivity contribution < 1.29 is 4.79 Å². The van der Waals surface area contributed by atoms with Gasteiger partial charge in [-0.3, -0.25) is 18.7 Å². The molecule has 0 fully saturated rings. The second kappa shape index (κ2) is 8.16. The zero-order valence-electron chi connectivity index (χ0n) is 16.8. The molecule has 9 heteroatoms. The van der Waals surface area contributed by atoms with Crippen LogP contribution in [0.2, 0.25) is 5.02 Å². The number of amides is 1. The first-order valence-corrected chi connectivity index (χ1v) is 9.81. The fraction of sp³-hybridized carbons (Fsp3) is 0.136. The molecule has 2 aromatic heterocycles. The summed E-state index contributed by atoms with van der Waals surface area (Å²) in [4.78, 5) is 46.9. The van der Waals surface area contributed by atoms with Crippen molar-refractivity contribution in [3.63, 3.8) is 0 Å². The quantitative estimate of drug-likeness (QED) is 0.531. The van der Waals surface area contributed by atoms with Crippen LogP contribution in [0.15, 0.2) is 64.3 Å². The molecule has 4 aromatic rings. The number of nitrogens with zero attached hydrogens (tertiary/aromatic N) is 4. The van der Waals surface area contributed by atoms with E-state index < -0.39 is 23.7 Å². The maximum absolute atomic E-state index is 12.9. The second-order valence-corrected chi connectivity index (χ2v) is 7.47. The molecule has 0 radical (unpaired) electrons. The van der Waals surface area contributed by atoms with Crippen LogP contribution in [0.25, 0.3) is 22.4 Å². The van der Waals surface area contributed by atoms with Crippen molar-refractivity contribution >= 4 is 34.2 Å². The molecular formula is C22H18ClN5O3. The van der Waals surface area contributed by atoms with Gasteiger partial charge in [0, 0.05) is 18.8 Å². The summed E-state index contributed by atoms with van der Waals surface area (Å²) in [6.45, 7) is 1.41. The van der Waals surface area contributed by atoms with Crippen LogP contribution in [-0.4, -0.2) is 25.0 Å². The van der Waals surface area contributed by atoms with Crippen LogP contribution in [0, 0.1) is 6.92 Å². The van der Waals surface area contributed by atoms with Gasteiger partial charge in [0.1, 0.15) is 11.9 Å². The standard InChI is InChI=1S/C22H18ClN5O3/c1-13-8-9-17(16(23)10-13)25-18(29)12-28-21(30)15-11-24-19(14-6-4-3-5-7-14)26-20(15)27(2)22(28)31/h3-11H,12H2,1-2H3,(H,25,29). The van der Waals surface area contributed by atoms with Gasteiger partial charge in [0.25, 0.3) is 5.56 Å². The summed E-state index contributed by atoms with van der Waals surface area (Å²) in [5.74, 6) is -0.155. The Hall–Kier alpha value is -3.78. The maximum atomic E-state index is 12.9. The van der Waals surface area contributed by atoms with E-state index >= 15 is 0 Å². The van der Waals surface area contributed by atoms with Crippen LogP contribution in [0.4, 0.5) is 5.69 Å². The minimum Gasteiger partial charge on any atom is -0.323 e. The Morgan fingerprint density at radius 1 is 1.13 bits per heavy atom. The number of halogens is 1. The summed E-state index contributed by atoms with van der Waals surface area (Å²) in [7, 11) is 1.50. The fourth-order valence-corrected chi connectivity index (χ4v) is 3.49. The third-order valence-electron chi connectivity index (χ3n) is 4.81. The molecule has 0 spiro atoms. The summed E-state index contributed by atoms with van der Waals surface area (Å²) >= 11 is 6.14. The molecule has 31 heavy (non-hydrogen) atoms. The summed E-state index contributed by atoms with van der Waals surface area (Å²) in [6, 6.07) is 14.4. The van der Waals surface area contributed by atoms with Crippen molar-refractivity contribution in [3.8, 4) is 11.4 Å². The lowest BCUT2D eigenvalue weighted by atomic mass is 10.2. The highest BCUT2D eigenvalue weighted by molar-refractivity contribution is 6.33. The Morgan fingerprint density at radius 3 is 2.58 bits per heavy atom. The van der Waals surface area contributed by atoms with Crippen molar-refractivity contribution in [3.05, 3.63) is 86.2 Å². The van der Waals surface area contributed by atoms with Gasteiger partial charge in [-0.1, -0.05) is 48.0 Å². The number of aryl methyl sites for hydroxylation is 2. The van der Waals surface area contributed by atoms with Crippen molar-refractivity contribution in [2.24, 2.45) is 7.05 Å². The van der Waals surface area contributed by atoms with E-state index in [4.69, 9.17) is 11.6 Å². The lowest BCUT2D eigenvalue weighted by Gasteiger charge is -2.12. The smallest absolute Gasteiger partial charge is 0.323 e. The molecular weight excluding hydrogens is 418 g/mol. The maximum Gasteiger partial charge on any atom is 0.332 e. The summed E-state index contributed by atoms with van der Waals surface area (Å²) in [5, 5.41) is 3.14. The molecule has 4 rings (SSSR count). The molecule has 0 bridgehead atoms. The number of fused-ring (bicyclic) bond motifs is 1. The predicted octanol–water partition coefficient (Wildman–Crippen LogP) is 2.76. The Morgan fingerprint density at radius 2 is 1.87 bits per heavy atom. The minimum absolute atomic E-state index is 0.142. The lowest BCUT2D eigenvalue weighted by molar-refractivity contribution is -0.116. The van der Waals surface area contributed by atoms with Crippen LogP contribution in [-0.2, 0) is 18.4 Å². The SMILES string of the molecule is Cc1ccc(NC(=O)Cn2c(=O)c3cnc(-c4ccccc4)nc3n(C)c2=O)c(Cl)c1. The van der Waals surface area contributed by atoms with E-state index in [-0.39, 0.29) is 11.0 Å². The Balaban J connectivity index is 1.71. The molecule has 2 aromatic carbocycles. The molecule has 0 saturated heterocycles. The molecule has 0 atom stereocenters. The van der Waals surface area contributed by atoms with Gasteiger partial charge >= 0.3 is 5.69 Å². The summed E-state index contributed by atoms with van der Waals surface area (Å²) in [5.41, 5.74) is 1.01. The van der Waals surface area contributed by atoms with Crippen LogP contribution < -0.4 is 16.6 Å². The zero-order chi connectivity index (χ0) is 22.1. The molecule has 0 unspecified atom stereocenters. The first-order valence-electron chi connectivity index (χ1n) is 9.43. The minimum atomic E-state index is -0.652. The van der Waals surface area contributed by atoms with Gasteiger partial charge in [-0.15, -0.1) is 0 Å². The van der Waals surface area contributed by atoms with E-state index in [0.29, 0.717) is 16.5 Å². The number of aromatic nitrogens is 4. The molecule has 0 saturated carbocycles. The average molecular weight is 436 g/mol. The molecule has 8 nitrogen and oxygen atoms in total. The van der Waals surface area contributed by atoms with Gasteiger partial charge in [0.05, 0.1) is 10.7 Å². The largest absolute Gasteiger partial charge is 0.332 e. The van der Waals surface area contributed by atoms with Crippen LogP contribution in [0.1, 0.15) is 5.56 Å². The van der Waals surface area contributed by atoms with Gasteiger partial charge < -0.3 is 5.32 Å². The molecule has 0 aliphatic carbocycles. The number of rotatable bonds is 4. The fourth-order valence-electron chi connectivity index (χ4n) is 3.20. The lowest BCUT2D eigenvalue weighted by Crippen LogP contribution is -2.42. The van der Waals surface area contributed by atoms with E-state index in [1.807, 2.05) is 37.3 Å². The van der Waals surface area contributed by atoms with E-state index in [1.165, 1.54) is 17.8 Å². The van der Waals surface area contributed by atoms with Gasteiger partial charge in [0.2, 0.25) is 5.91 Å². The van der Waals surface area contributed by atoms with Gasteiger partial charge in [-0.2, -0.15) is 0 Å². The monoisotopic (exact) mass is 435 g/mol. The zero-order valence-corrected chi connectivity index (χ0v) is 17.6. The van der Waals surface area contributed by atoms with Crippen molar-refractivity contribution in [1.29, 1.82) is 0 Å². The number of anilines is 1. The number of carbonyl (C=O) groups excluding carboxylic acids is 1. The van der Waals surface area contributed by atoms with Crippen LogP contribution in [0.3, 0.4) is 0 Å². The molecule has 0 aliphatic rings. The van der Waals surface area contributed by atoms with Crippen LogP contribution in [0.5, 0.6) is 0 Å². The summed E-state index contributed by atoms with van der Waals surface area (Å²) < 4.78 is 2.09. The normalized spacial score (nSPS) is 10.9. The van der Waals surface area contributed by atoms with E-state index in [0.717, 1.165) is 15.7 Å². The molecule has 1 amide bonds. The summed E-state index contributed by atoms with van der Waals surface area (Å²) in [6.07, 6.45) is 1.37. The van der Waals surface area contributed by atoms with E-state index in [1.54, 1.807) is 18.2 Å². The molecule has 1 N–H and O–H groups in total. The number of benzene rings is 2. The van der Waals surface area contributed by atoms with Crippen molar-refractivity contribution in [2.45, 2.75) is 13.5 Å². The van der Waals surface area contributed by atoms with Gasteiger partial charge in [-0.25, -0.2) is 14.8 Å². The first-order chi connectivity index (χ1) is 14.8. The number of nitrogens with one attached hydrogen (secondary N) is 1. The third-order valence-corrected chi connectivity index (χ3v) is 5.12. The Labute approximate surface area is 181 Å². The average Bonchev–Trinajstić information content (AvgIpc) is 2.77. The number of carbonyl (C=O) groups is 1. The first kappa shape index (κ1) is 20.5. The van der Waals surface area contributed by atoms with E-state index in [2.05, 4.69) is 15.3 Å². The topological polar surface area (TPSA) is 98.9 Å². The number of hydrogen-bond acceptors (Lipinski definition) is 5. The van der Waals surface area contributed by atoms with Crippen molar-refractivity contribution in [2.75, 3.05) is 5.32 Å². The predicted molar refractivity (Wildman–Crippen MR) is 119 cm³/mol. The highest BCUT2D eigenvalue weighted by Crippen LogP contribution is 2.22. The number of hydrogen-bond donors (Lipinski definition) is 1. The van der Waals surface area contributed by atoms with Gasteiger partial charge in [0.15, 0.2) is 11.5 Å². The highest BCUT2D eigenvalue weighted by atomic mass is 35.5.